The number of hydrogen-bond acceptors (Lipinski definition) is 4. The molecule has 7 heteroatoms. The van der Waals surface area contributed by atoms with Crippen molar-refractivity contribution in [2.24, 2.45) is 0 Å². The highest BCUT2D eigenvalue weighted by molar-refractivity contribution is 5.98. The number of likely N-dealkylation sites (tertiary alicyclic amines) is 1. The predicted molar refractivity (Wildman–Crippen MR) is 128 cm³/mol. The third kappa shape index (κ3) is 6.80. The number of rotatable bonds is 8. The van der Waals surface area contributed by atoms with E-state index in [1.807, 2.05) is 55.1 Å². The van der Waals surface area contributed by atoms with E-state index in [1.165, 1.54) is 5.56 Å². The first-order chi connectivity index (χ1) is 16.0. The van der Waals surface area contributed by atoms with Gasteiger partial charge in [-0.25, -0.2) is 4.79 Å². The molecule has 0 aliphatic carbocycles. The molecule has 0 saturated carbocycles. The Bertz CT molecular complexity index is 990. The summed E-state index contributed by atoms with van der Waals surface area (Å²) < 4.78 is 5.26. The number of carbonyl (C=O) groups excluding carboxylic acids is 2. The Balaban J connectivity index is 1.55. The molecule has 0 unspecified atom stereocenters. The fourth-order valence-electron chi connectivity index (χ4n) is 4.04. The fourth-order valence-corrected chi connectivity index (χ4v) is 4.04. The van der Waals surface area contributed by atoms with Crippen molar-refractivity contribution in [2.45, 2.75) is 39.0 Å². The number of carbonyl (C=O) groups is 2. The maximum atomic E-state index is 13.2. The van der Waals surface area contributed by atoms with Gasteiger partial charge in [0.05, 0.1) is 11.6 Å². The van der Waals surface area contributed by atoms with Crippen LogP contribution in [-0.4, -0.2) is 49.7 Å². The van der Waals surface area contributed by atoms with Crippen LogP contribution in [0.4, 0.5) is 10.5 Å². The van der Waals surface area contributed by atoms with Crippen molar-refractivity contribution in [3.05, 3.63) is 64.7 Å². The molecule has 3 rings (SSSR count). The number of aryl methyl sites for hydroxylation is 1. The molecule has 3 amide bonds. The van der Waals surface area contributed by atoms with Gasteiger partial charge in [0.2, 0.25) is 0 Å². The second-order valence-corrected chi connectivity index (χ2v) is 8.26. The maximum absolute atomic E-state index is 13.2. The number of benzene rings is 2. The summed E-state index contributed by atoms with van der Waals surface area (Å²) in [5.41, 5.74) is 3.97. The zero-order valence-corrected chi connectivity index (χ0v) is 19.4. The fraction of sp³-hybridized carbons (Fsp3) is 0.423. The van der Waals surface area contributed by atoms with Gasteiger partial charge in [-0.15, -0.1) is 0 Å². The van der Waals surface area contributed by atoms with Gasteiger partial charge >= 0.3 is 6.03 Å². The van der Waals surface area contributed by atoms with Crippen LogP contribution < -0.4 is 10.6 Å². The predicted octanol–water partition coefficient (Wildman–Crippen LogP) is 4.43. The van der Waals surface area contributed by atoms with E-state index in [4.69, 9.17) is 10.00 Å². The van der Waals surface area contributed by atoms with Crippen LogP contribution >= 0.6 is 0 Å². The molecule has 0 spiro atoms. The lowest BCUT2D eigenvalue weighted by atomic mass is 9.88. The molecule has 7 nitrogen and oxygen atoms in total. The van der Waals surface area contributed by atoms with Gasteiger partial charge in [0.25, 0.3) is 5.91 Å². The molecule has 0 bridgehead atoms. The molecule has 1 fully saturated rings. The SMILES string of the molecule is CCOCCCNC(=O)Nc1ccc(C)c(C(=O)N2CCC(c3ccc(C#N)cc3)CC2)c1. The summed E-state index contributed by atoms with van der Waals surface area (Å²) in [4.78, 5) is 27.2. The lowest BCUT2D eigenvalue weighted by Gasteiger charge is -2.32. The minimum atomic E-state index is -0.294. The molecule has 174 valence electrons. The highest BCUT2D eigenvalue weighted by Crippen LogP contribution is 2.29. The minimum Gasteiger partial charge on any atom is -0.382 e. The monoisotopic (exact) mass is 448 g/mol. The van der Waals surface area contributed by atoms with E-state index in [-0.39, 0.29) is 11.9 Å². The highest BCUT2D eigenvalue weighted by Gasteiger charge is 2.25. The number of ether oxygens (including phenoxy) is 1. The topological polar surface area (TPSA) is 94.5 Å². The van der Waals surface area contributed by atoms with Gasteiger partial charge in [-0.2, -0.15) is 5.26 Å². The number of nitrogens with zero attached hydrogens (tertiary/aromatic N) is 2. The van der Waals surface area contributed by atoms with Crippen LogP contribution in [-0.2, 0) is 4.74 Å². The van der Waals surface area contributed by atoms with Gasteiger partial charge in [0, 0.05) is 44.1 Å². The molecule has 1 saturated heterocycles. The van der Waals surface area contributed by atoms with Gasteiger partial charge in [-0.05, 0) is 74.4 Å². The summed E-state index contributed by atoms with van der Waals surface area (Å²) in [6, 6.07) is 15.0. The number of nitriles is 1. The number of amides is 3. The van der Waals surface area contributed by atoms with Crippen LogP contribution in [0.2, 0.25) is 0 Å². The highest BCUT2D eigenvalue weighted by atomic mass is 16.5. The van der Waals surface area contributed by atoms with Crippen molar-refractivity contribution < 1.29 is 14.3 Å². The van der Waals surface area contributed by atoms with Crippen molar-refractivity contribution in [2.75, 3.05) is 38.2 Å². The quantitative estimate of drug-likeness (QED) is 0.584. The summed E-state index contributed by atoms with van der Waals surface area (Å²) in [6.07, 6.45) is 2.52. The Kier molecular flexibility index (Phi) is 8.85. The summed E-state index contributed by atoms with van der Waals surface area (Å²) in [5, 5.41) is 14.6. The summed E-state index contributed by atoms with van der Waals surface area (Å²) >= 11 is 0. The van der Waals surface area contributed by atoms with Crippen molar-refractivity contribution >= 4 is 17.6 Å². The molecule has 0 radical (unpaired) electrons. The second-order valence-electron chi connectivity index (χ2n) is 8.26. The van der Waals surface area contributed by atoms with Gasteiger partial charge < -0.3 is 20.3 Å². The molecule has 1 aliphatic rings. The molecule has 33 heavy (non-hydrogen) atoms. The number of nitrogens with one attached hydrogen (secondary N) is 2. The number of anilines is 1. The summed E-state index contributed by atoms with van der Waals surface area (Å²) in [7, 11) is 0. The normalized spacial score (nSPS) is 13.9. The number of piperidine rings is 1. The van der Waals surface area contributed by atoms with Gasteiger partial charge in [-0.1, -0.05) is 18.2 Å². The molecule has 1 aliphatic heterocycles. The third-order valence-electron chi connectivity index (χ3n) is 5.97. The maximum Gasteiger partial charge on any atom is 0.319 e. The Hall–Kier alpha value is -3.37. The Morgan fingerprint density at radius 1 is 1.15 bits per heavy atom. The molecule has 0 aromatic heterocycles. The molecular formula is C26H32N4O3. The largest absolute Gasteiger partial charge is 0.382 e. The molecule has 2 N–H and O–H groups in total. The zero-order chi connectivity index (χ0) is 23.6. The van der Waals surface area contributed by atoms with Gasteiger partial charge in [0.15, 0.2) is 0 Å². The van der Waals surface area contributed by atoms with E-state index < -0.39 is 0 Å². The first kappa shape index (κ1) is 24.3. The Morgan fingerprint density at radius 2 is 1.88 bits per heavy atom. The first-order valence-corrected chi connectivity index (χ1v) is 11.5. The van der Waals surface area contributed by atoms with E-state index in [2.05, 4.69) is 16.7 Å². The third-order valence-corrected chi connectivity index (χ3v) is 5.97. The van der Waals surface area contributed by atoms with Crippen LogP contribution in [0.1, 0.15) is 59.2 Å². The first-order valence-electron chi connectivity index (χ1n) is 11.5. The molecule has 2 aromatic rings. The standard InChI is InChI=1S/C26H32N4O3/c1-3-33-16-4-13-28-26(32)29-23-10-5-19(2)24(17-23)25(31)30-14-11-22(12-15-30)21-8-6-20(18-27)7-9-21/h5-10,17,22H,3-4,11-16H2,1-2H3,(H2,28,29,32). The van der Waals surface area contributed by atoms with E-state index in [0.29, 0.717) is 55.6 Å². The average Bonchev–Trinajstić information content (AvgIpc) is 2.85. The lowest BCUT2D eigenvalue weighted by molar-refractivity contribution is 0.0712. The second kappa shape index (κ2) is 12.0. The van der Waals surface area contributed by atoms with E-state index >= 15 is 0 Å². The van der Waals surface area contributed by atoms with Crippen LogP contribution in [0.25, 0.3) is 0 Å². The van der Waals surface area contributed by atoms with Gasteiger partial charge in [-0.3, -0.25) is 4.79 Å². The minimum absolute atomic E-state index is 0.00782. The van der Waals surface area contributed by atoms with Crippen molar-refractivity contribution in [1.29, 1.82) is 5.26 Å². The van der Waals surface area contributed by atoms with Gasteiger partial charge in [0.1, 0.15) is 0 Å². The summed E-state index contributed by atoms with van der Waals surface area (Å²) in [6.45, 7) is 7.02. The molecule has 1 heterocycles. The van der Waals surface area contributed by atoms with Crippen molar-refractivity contribution in [1.82, 2.24) is 10.2 Å². The lowest BCUT2D eigenvalue weighted by Crippen LogP contribution is -2.38. The average molecular weight is 449 g/mol. The van der Waals surface area contributed by atoms with Crippen LogP contribution in [0, 0.1) is 18.3 Å². The summed E-state index contributed by atoms with van der Waals surface area (Å²) in [5.74, 6) is 0.383. The van der Waals surface area contributed by atoms with E-state index in [9.17, 15) is 9.59 Å². The van der Waals surface area contributed by atoms with E-state index in [0.717, 1.165) is 24.8 Å². The Morgan fingerprint density at radius 3 is 2.55 bits per heavy atom. The molecule has 2 aromatic carbocycles. The van der Waals surface area contributed by atoms with Crippen molar-refractivity contribution in [3.63, 3.8) is 0 Å². The van der Waals surface area contributed by atoms with Crippen molar-refractivity contribution in [3.8, 4) is 6.07 Å². The smallest absolute Gasteiger partial charge is 0.319 e. The van der Waals surface area contributed by atoms with E-state index in [1.54, 1.807) is 6.07 Å². The Labute approximate surface area is 195 Å². The van der Waals surface area contributed by atoms with Crippen LogP contribution in [0.15, 0.2) is 42.5 Å². The molecule has 0 atom stereocenters. The number of urea groups is 1. The van der Waals surface area contributed by atoms with Crippen LogP contribution in [0.5, 0.6) is 0 Å². The van der Waals surface area contributed by atoms with Crippen LogP contribution in [0.3, 0.4) is 0 Å². The number of hydrogen-bond donors (Lipinski definition) is 2. The molecular weight excluding hydrogens is 416 g/mol. The zero-order valence-electron chi connectivity index (χ0n) is 19.4.